The van der Waals surface area contributed by atoms with Gasteiger partial charge in [0.1, 0.15) is 5.70 Å². The number of amides is 2. The maximum atomic E-state index is 12.6. The Bertz CT molecular complexity index is 601. The molecule has 0 aromatic heterocycles. The highest BCUT2D eigenvalue weighted by Gasteiger charge is 2.29. The molecule has 0 spiro atoms. The van der Waals surface area contributed by atoms with Gasteiger partial charge in [0.2, 0.25) is 5.91 Å². The van der Waals surface area contributed by atoms with Gasteiger partial charge in [-0.25, -0.2) is 5.32 Å². The van der Waals surface area contributed by atoms with E-state index in [2.05, 4.69) is 19.2 Å². The molecule has 2 amide bonds. The summed E-state index contributed by atoms with van der Waals surface area (Å²) in [5.41, 5.74) is 0.497. The van der Waals surface area contributed by atoms with Crippen LogP contribution in [0.15, 0.2) is 11.8 Å². The molecule has 1 aliphatic rings. The van der Waals surface area contributed by atoms with Crippen LogP contribution in [0.3, 0.4) is 0 Å². The largest absolute Gasteiger partial charge is 0.311 e. The average molecular weight is 518 g/mol. The molecule has 0 bridgehead atoms. The quantitative estimate of drug-likeness (QED) is 0.107. The fourth-order valence-corrected chi connectivity index (χ4v) is 5.35. The zero-order valence-electron chi connectivity index (χ0n) is 25.0. The summed E-state index contributed by atoms with van der Waals surface area (Å²) >= 11 is 0. The number of hydrogen-bond donors (Lipinski definition) is 0. The number of unbranched alkanes of at least 4 members (excludes halogenated alkanes) is 21. The van der Waals surface area contributed by atoms with Crippen LogP contribution in [0.1, 0.15) is 174 Å². The highest BCUT2D eigenvalue weighted by molar-refractivity contribution is 5.99. The Morgan fingerprint density at radius 1 is 0.649 bits per heavy atom. The SMILES string of the molecule is CCCCCCCCCCCCCCC1C=C(N(C)C(=O)CCCCCCCCCCCCC)C(=O)[N]1. The molecule has 0 saturated heterocycles. The summed E-state index contributed by atoms with van der Waals surface area (Å²) in [7, 11) is 1.74. The van der Waals surface area contributed by atoms with Crippen molar-refractivity contribution in [2.75, 3.05) is 7.05 Å². The standard InChI is InChI=1S/C33H61N2O2/c1-4-6-8-10-12-14-16-18-19-21-23-25-27-30-29-31(33(37)34-30)35(3)32(36)28-26-24-22-20-17-15-13-11-9-7-5-2/h29-30H,4-28H2,1-3H3. The second kappa shape index (κ2) is 23.8. The lowest BCUT2D eigenvalue weighted by Crippen LogP contribution is -2.30. The van der Waals surface area contributed by atoms with Gasteiger partial charge in [0.15, 0.2) is 0 Å². The lowest BCUT2D eigenvalue weighted by molar-refractivity contribution is -0.131. The van der Waals surface area contributed by atoms with Crippen LogP contribution in [0.25, 0.3) is 0 Å². The average Bonchev–Trinajstić information content (AvgIpc) is 3.27. The normalized spacial score (nSPS) is 15.2. The fourth-order valence-electron chi connectivity index (χ4n) is 5.35. The van der Waals surface area contributed by atoms with Crippen molar-refractivity contribution in [2.45, 2.75) is 180 Å². The summed E-state index contributed by atoms with van der Waals surface area (Å²) in [6.45, 7) is 4.53. The number of nitrogens with zero attached hydrogens (tertiary/aromatic N) is 2. The van der Waals surface area contributed by atoms with E-state index in [4.69, 9.17) is 0 Å². The van der Waals surface area contributed by atoms with Gasteiger partial charge in [-0.15, -0.1) is 0 Å². The third-order valence-corrected chi connectivity index (χ3v) is 7.94. The fraction of sp³-hybridized carbons (Fsp3) is 0.879. The van der Waals surface area contributed by atoms with Crippen molar-refractivity contribution in [3.8, 4) is 0 Å². The second-order valence-electron chi connectivity index (χ2n) is 11.5. The molecule has 215 valence electrons. The Labute approximate surface area is 230 Å². The third kappa shape index (κ3) is 17.7. The van der Waals surface area contributed by atoms with Crippen LogP contribution in [0, 0.1) is 0 Å². The van der Waals surface area contributed by atoms with E-state index in [1.54, 1.807) is 11.9 Å². The molecule has 4 heteroatoms. The summed E-state index contributed by atoms with van der Waals surface area (Å²) < 4.78 is 0. The zero-order valence-corrected chi connectivity index (χ0v) is 25.0. The molecule has 1 rings (SSSR count). The number of rotatable bonds is 26. The molecule has 1 heterocycles. The number of hydrogen-bond acceptors (Lipinski definition) is 2. The summed E-state index contributed by atoms with van der Waals surface area (Å²) in [5.74, 6) is -0.157. The lowest BCUT2D eigenvalue weighted by Gasteiger charge is -2.16. The highest BCUT2D eigenvalue weighted by Crippen LogP contribution is 2.20. The number of carbonyl (C=O) groups excluding carboxylic acids is 2. The molecule has 0 aliphatic carbocycles. The van der Waals surface area contributed by atoms with E-state index in [-0.39, 0.29) is 17.9 Å². The van der Waals surface area contributed by atoms with Gasteiger partial charge in [-0.2, -0.15) is 0 Å². The van der Waals surface area contributed by atoms with Gasteiger partial charge in [-0.05, 0) is 18.9 Å². The van der Waals surface area contributed by atoms with E-state index in [9.17, 15) is 9.59 Å². The van der Waals surface area contributed by atoms with Crippen LogP contribution in [-0.2, 0) is 9.59 Å². The highest BCUT2D eigenvalue weighted by atomic mass is 16.2. The van der Waals surface area contributed by atoms with E-state index in [1.165, 1.54) is 128 Å². The van der Waals surface area contributed by atoms with Crippen LogP contribution in [-0.4, -0.2) is 29.8 Å². The lowest BCUT2D eigenvalue weighted by atomic mass is 10.0. The summed E-state index contributed by atoms with van der Waals surface area (Å²) in [4.78, 5) is 26.5. The molecule has 0 aromatic carbocycles. The number of carbonyl (C=O) groups is 2. The van der Waals surface area contributed by atoms with Gasteiger partial charge in [-0.3, -0.25) is 9.59 Å². The van der Waals surface area contributed by atoms with Gasteiger partial charge < -0.3 is 4.90 Å². The van der Waals surface area contributed by atoms with Crippen molar-refractivity contribution in [3.05, 3.63) is 11.8 Å². The van der Waals surface area contributed by atoms with Crippen molar-refractivity contribution in [1.29, 1.82) is 0 Å². The Balaban J connectivity index is 2.05. The Hall–Kier alpha value is -1.32. The van der Waals surface area contributed by atoms with Gasteiger partial charge >= 0.3 is 0 Å². The van der Waals surface area contributed by atoms with Crippen LogP contribution >= 0.6 is 0 Å². The molecule has 1 atom stereocenters. The molecule has 0 saturated carbocycles. The Morgan fingerprint density at radius 3 is 1.46 bits per heavy atom. The van der Waals surface area contributed by atoms with Crippen molar-refractivity contribution >= 4 is 11.8 Å². The first-order valence-corrected chi connectivity index (χ1v) is 16.3. The minimum absolute atomic E-state index is 0.0390. The molecular formula is C33H61N2O2. The van der Waals surface area contributed by atoms with Crippen molar-refractivity contribution < 1.29 is 9.59 Å². The summed E-state index contributed by atoms with van der Waals surface area (Å²) in [6.07, 6.45) is 33.4. The molecule has 1 radical (unpaired) electrons. The van der Waals surface area contributed by atoms with Crippen molar-refractivity contribution in [1.82, 2.24) is 10.2 Å². The molecule has 0 N–H and O–H groups in total. The van der Waals surface area contributed by atoms with E-state index in [0.29, 0.717) is 12.1 Å². The Morgan fingerprint density at radius 2 is 1.03 bits per heavy atom. The van der Waals surface area contributed by atoms with Gasteiger partial charge in [0, 0.05) is 13.5 Å². The third-order valence-electron chi connectivity index (χ3n) is 7.94. The molecule has 4 nitrogen and oxygen atoms in total. The maximum absolute atomic E-state index is 12.6. The van der Waals surface area contributed by atoms with Crippen LogP contribution in [0.4, 0.5) is 0 Å². The van der Waals surface area contributed by atoms with Crippen LogP contribution in [0.5, 0.6) is 0 Å². The van der Waals surface area contributed by atoms with Crippen LogP contribution < -0.4 is 5.32 Å². The second-order valence-corrected chi connectivity index (χ2v) is 11.5. The molecule has 37 heavy (non-hydrogen) atoms. The Kier molecular flexibility index (Phi) is 21.7. The first-order chi connectivity index (χ1) is 18.1. The first-order valence-electron chi connectivity index (χ1n) is 16.3. The van der Waals surface area contributed by atoms with E-state index in [0.717, 1.165) is 25.7 Å². The molecule has 0 fully saturated rings. The van der Waals surface area contributed by atoms with Gasteiger partial charge in [0.05, 0.1) is 6.04 Å². The van der Waals surface area contributed by atoms with Crippen LogP contribution in [0.2, 0.25) is 0 Å². The zero-order chi connectivity index (χ0) is 27.0. The molecular weight excluding hydrogens is 456 g/mol. The predicted molar refractivity (Wildman–Crippen MR) is 159 cm³/mol. The van der Waals surface area contributed by atoms with E-state index >= 15 is 0 Å². The monoisotopic (exact) mass is 517 g/mol. The minimum Gasteiger partial charge on any atom is -0.311 e. The summed E-state index contributed by atoms with van der Waals surface area (Å²) in [5, 5.41) is 4.30. The number of likely N-dealkylation sites (N-methyl/N-ethyl adjacent to an activating group) is 1. The molecule has 1 unspecified atom stereocenters. The van der Waals surface area contributed by atoms with Gasteiger partial charge in [-0.1, -0.05) is 155 Å². The molecule has 0 aromatic rings. The predicted octanol–water partition coefficient (Wildman–Crippen LogP) is 9.63. The topological polar surface area (TPSA) is 51.5 Å². The van der Waals surface area contributed by atoms with Crippen molar-refractivity contribution in [2.24, 2.45) is 0 Å². The first kappa shape index (κ1) is 33.7. The molecule has 1 aliphatic heterocycles. The van der Waals surface area contributed by atoms with Gasteiger partial charge in [0.25, 0.3) is 5.91 Å². The smallest absolute Gasteiger partial charge is 0.289 e. The van der Waals surface area contributed by atoms with E-state index < -0.39 is 0 Å². The maximum Gasteiger partial charge on any atom is 0.289 e. The van der Waals surface area contributed by atoms with E-state index in [1.807, 2.05) is 6.08 Å². The summed E-state index contributed by atoms with van der Waals surface area (Å²) in [6, 6.07) is -0.0390. The van der Waals surface area contributed by atoms with Crippen molar-refractivity contribution in [3.63, 3.8) is 0 Å². The minimum atomic E-state index is -0.210.